The first-order valence-electron chi connectivity index (χ1n) is 28.7. The van der Waals surface area contributed by atoms with Crippen LogP contribution < -0.4 is 0 Å². The van der Waals surface area contributed by atoms with E-state index in [1.54, 1.807) is 0 Å². The molecular formula is C58H112O6. The van der Waals surface area contributed by atoms with Crippen molar-refractivity contribution in [1.82, 2.24) is 0 Å². The molecule has 1 atom stereocenters. The summed E-state index contributed by atoms with van der Waals surface area (Å²) in [6.45, 7) is 11.4. The number of carbonyl (C=O) groups excluding carboxylic acids is 3. The molecular weight excluding hydrogens is 793 g/mol. The second kappa shape index (κ2) is 50.8. The molecule has 0 fully saturated rings. The van der Waals surface area contributed by atoms with Gasteiger partial charge < -0.3 is 14.2 Å². The van der Waals surface area contributed by atoms with Crippen LogP contribution in [0, 0.1) is 11.8 Å². The third-order valence-corrected chi connectivity index (χ3v) is 13.2. The lowest BCUT2D eigenvalue weighted by Crippen LogP contribution is -2.30. The predicted octanol–water partition coefficient (Wildman–Crippen LogP) is 18.9. The van der Waals surface area contributed by atoms with Crippen LogP contribution in [0.5, 0.6) is 0 Å². The van der Waals surface area contributed by atoms with Crippen LogP contribution in [0.4, 0.5) is 0 Å². The molecule has 0 spiro atoms. The van der Waals surface area contributed by atoms with Crippen molar-refractivity contribution in [2.24, 2.45) is 11.8 Å². The van der Waals surface area contributed by atoms with E-state index in [9.17, 15) is 14.4 Å². The highest BCUT2D eigenvalue weighted by Crippen LogP contribution is 2.18. The average Bonchev–Trinajstić information content (AvgIpc) is 3.27. The molecule has 0 aromatic heterocycles. The summed E-state index contributed by atoms with van der Waals surface area (Å²) in [6.07, 6.45) is 53.8. The average molecular weight is 906 g/mol. The summed E-state index contributed by atoms with van der Waals surface area (Å²) >= 11 is 0. The van der Waals surface area contributed by atoms with Crippen LogP contribution in [0.15, 0.2) is 0 Å². The van der Waals surface area contributed by atoms with Gasteiger partial charge in [0.1, 0.15) is 13.2 Å². The molecule has 0 N–H and O–H groups in total. The van der Waals surface area contributed by atoms with Crippen LogP contribution >= 0.6 is 0 Å². The molecule has 6 nitrogen and oxygen atoms in total. The highest BCUT2D eigenvalue weighted by atomic mass is 16.6. The van der Waals surface area contributed by atoms with E-state index in [2.05, 4.69) is 34.6 Å². The van der Waals surface area contributed by atoms with E-state index in [1.165, 1.54) is 212 Å². The third-order valence-electron chi connectivity index (χ3n) is 13.2. The highest BCUT2D eigenvalue weighted by molar-refractivity contribution is 5.71. The first-order valence-corrected chi connectivity index (χ1v) is 28.7. The molecule has 0 aliphatic heterocycles. The quantitative estimate of drug-likeness (QED) is 0.0344. The van der Waals surface area contributed by atoms with E-state index in [0.29, 0.717) is 19.3 Å². The normalized spacial score (nSPS) is 12.0. The fourth-order valence-corrected chi connectivity index (χ4v) is 8.87. The van der Waals surface area contributed by atoms with E-state index in [4.69, 9.17) is 14.2 Å². The molecule has 0 saturated heterocycles. The van der Waals surface area contributed by atoms with Crippen LogP contribution in [0.25, 0.3) is 0 Å². The topological polar surface area (TPSA) is 78.9 Å². The van der Waals surface area contributed by atoms with Crippen molar-refractivity contribution in [3.05, 3.63) is 0 Å². The van der Waals surface area contributed by atoms with Gasteiger partial charge in [-0.3, -0.25) is 14.4 Å². The Labute approximate surface area is 399 Å². The fraction of sp³-hybridized carbons (Fsp3) is 0.948. The zero-order chi connectivity index (χ0) is 46.8. The number of hydrogen-bond donors (Lipinski definition) is 0. The standard InChI is InChI=1S/C58H112O6/c1-6-7-8-9-10-11-12-13-14-15-16-17-18-19-23-28-33-38-43-48-56(59)62-51-55(52-63-57(60)49-44-39-34-30-25-27-32-37-42-47-54(4)5)64-58(61)50-45-40-35-29-24-21-20-22-26-31-36-41-46-53(2)3/h53-55H,6-52H2,1-5H3/t55-/m1/s1. The van der Waals surface area contributed by atoms with Gasteiger partial charge in [-0.2, -0.15) is 0 Å². The Kier molecular flexibility index (Phi) is 49.6. The van der Waals surface area contributed by atoms with Gasteiger partial charge in [-0.15, -0.1) is 0 Å². The summed E-state index contributed by atoms with van der Waals surface area (Å²) in [5, 5.41) is 0. The van der Waals surface area contributed by atoms with Gasteiger partial charge in [0.2, 0.25) is 0 Å². The second-order valence-electron chi connectivity index (χ2n) is 20.9. The van der Waals surface area contributed by atoms with Crippen LogP contribution in [0.2, 0.25) is 0 Å². The second-order valence-corrected chi connectivity index (χ2v) is 20.9. The monoisotopic (exact) mass is 905 g/mol. The van der Waals surface area contributed by atoms with Crippen molar-refractivity contribution in [1.29, 1.82) is 0 Å². The van der Waals surface area contributed by atoms with Gasteiger partial charge in [-0.1, -0.05) is 285 Å². The first-order chi connectivity index (χ1) is 31.2. The van der Waals surface area contributed by atoms with E-state index in [0.717, 1.165) is 69.6 Å². The maximum absolute atomic E-state index is 12.8. The molecule has 0 radical (unpaired) electrons. The molecule has 0 aliphatic rings. The van der Waals surface area contributed by atoms with Crippen molar-refractivity contribution in [2.75, 3.05) is 13.2 Å². The van der Waals surface area contributed by atoms with E-state index < -0.39 is 6.10 Å². The lowest BCUT2D eigenvalue weighted by Gasteiger charge is -2.18. The number of carbonyl (C=O) groups is 3. The van der Waals surface area contributed by atoms with Gasteiger partial charge in [-0.05, 0) is 31.1 Å². The van der Waals surface area contributed by atoms with E-state index in [1.807, 2.05) is 0 Å². The lowest BCUT2D eigenvalue weighted by molar-refractivity contribution is -0.167. The molecule has 0 amide bonds. The minimum absolute atomic E-state index is 0.0631. The highest BCUT2D eigenvalue weighted by Gasteiger charge is 2.19. The Morgan fingerprint density at radius 2 is 0.516 bits per heavy atom. The van der Waals surface area contributed by atoms with E-state index in [-0.39, 0.29) is 31.1 Å². The zero-order valence-corrected chi connectivity index (χ0v) is 43.9. The fourth-order valence-electron chi connectivity index (χ4n) is 8.87. The zero-order valence-electron chi connectivity index (χ0n) is 43.9. The number of hydrogen-bond acceptors (Lipinski definition) is 6. The number of rotatable bonds is 52. The summed E-state index contributed by atoms with van der Waals surface area (Å²) in [5.74, 6) is 0.798. The van der Waals surface area contributed by atoms with Crippen molar-refractivity contribution in [2.45, 2.75) is 330 Å². The van der Waals surface area contributed by atoms with Crippen molar-refractivity contribution >= 4 is 17.9 Å². The van der Waals surface area contributed by atoms with Crippen LogP contribution in [-0.2, 0) is 28.6 Å². The Hall–Kier alpha value is -1.59. The maximum atomic E-state index is 12.8. The Morgan fingerprint density at radius 1 is 0.297 bits per heavy atom. The Balaban J connectivity index is 4.26. The summed E-state index contributed by atoms with van der Waals surface area (Å²) in [7, 11) is 0. The summed E-state index contributed by atoms with van der Waals surface area (Å²) in [6, 6.07) is 0. The Morgan fingerprint density at radius 3 is 0.766 bits per heavy atom. The number of unbranched alkanes of at least 4 members (excludes halogenated alkanes) is 37. The number of esters is 3. The van der Waals surface area contributed by atoms with Crippen molar-refractivity contribution in [3.8, 4) is 0 Å². The van der Waals surface area contributed by atoms with Gasteiger partial charge in [0.05, 0.1) is 0 Å². The van der Waals surface area contributed by atoms with Crippen LogP contribution in [-0.4, -0.2) is 37.2 Å². The Bertz CT molecular complexity index is 978. The minimum Gasteiger partial charge on any atom is -0.462 e. The van der Waals surface area contributed by atoms with Gasteiger partial charge >= 0.3 is 17.9 Å². The van der Waals surface area contributed by atoms with Gasteiger partial charge in [0, 0.05) is 19.3 Å². The lowest BCUT2D eigenvalue weighted by atomic mass is 10.0. The molecule has 0 saturated carbocycles. The SMILES string of the molecule is CCCCCCCCCCCCCCCCCCCCCC(=O)OC[C@H](COC(=O)CCCCCCCCCCCC(C)C)OC(=O)CCCCCCCCCCCCCCC(C)C. The molecule has 0 bridgehead atoms. The molecule has 0 aromatic carbocycles. The van der Waals surface area contributed by atoms with Crippen LogP contribution in [0.1, 0.15) is 324 Å². The van der Waals surface area contributed by atoms with Crippen molar-refractivity contribution < 1.29 is 28.6 Å². The minimum atomic E-state index is -0.763. The van der Waals surface area contributed by atoms with Crippen molar-refractivity contribution in [3.63, 3.8) is 0 Å². The smallest absolute Gasteiger partial charge is 0.306 e. The molecule has 0 unspecified atom stereocenters. The molecule has 380 valence electrons. The largest absolute Gasteiger partial charge is 0.462 e. The first kappa shape index (κ1) is 62.4. The van der Waals surface area contributed by atoms with Crippen LogP contribution in [0.3, 0.4) is 0 Å². The molecule has 0 aliphatic carbocycles. The van der Waals surface area contributed by atoms with E-state index >= 15 is 0 Å². The van der Waals surface area contributed by atoms with Gasteiger partial charge in [-0.25, -0.2) is 0 Å². The number of ether oxygens (including phenoxy) is 3. The molecule has 0 rings (SSSR count). The molecule has 64 heavy (non-hydrogen) atoms. The molecule has 0 heterocycles. The van der Waals surface area contributed by atoms with Gasteiger partial charge in [0.15, 0.2) is 6.10 Å². The predicted molar refractivity (Wildman–Crippen MR) is 275 cm³/mol. The third kappa shape index (κ3) is 51.4. The summed E-state index contributed by atoms with van der Waals surface area (Å²) < 4.78 is 16.9. The molecule has 0 aromatic rings. The maximum Gasteiger partial charge on any atom is 0.306 e. The summed E-state index contributed by atoms with van der Waals surface area (Å²) in [5.41, 5.74) is 0. The molecule has 6 heteroatoms. The summed E-state index contributed by atoms with van der Waals surface area (Å²) in [4.78, 5) is 38.1. The van der Waals surface area contributed by atoms with Gasteiger partial charge in [0.25, 0.3) is 0 Å².